The van der Waals surface area contributed by atoms with E-state index < -0.39 is 0 Å². The summed E-state index contributed by atoms with van der Waals surface area (Å²) < 4.78 is 5.30. The topological polar surface area (TPSA) is 38.5 Å². The number of nitrogens with two attached hydrogens (primary N) is 1. The number of hydrogen-bond donors (Lipinski definition) is 1. The van der Waals surface area contributed by atoms with Gasteiger partial charge in [0.05, 0.1) is 6.10 Å². The highest BCUT2D eigenvalue weighted by molar-refractivity contribution is 4.79. The molecule has 0 aromatic heterocycles. The highest BCUT2D eigenvalue weighted by Crippen LogP contribution is 2.13. The van der Waals surface area contributed by atoms with Gasteiger partial charge in [0.1, 0.15) is 0 Å². The summed E-state index contributed by atoms with van der Waals surface area (Å²) in [5.74, 6) is 0.571. The minimum absolute atomic E-state index is 0.301. The predicted octanol–water partition coefficient (Wildman–Crippen LogP) is 0.690. The minimum atomic E-state index is 0.301. The molecule has 0 amide bonds. The van der Waals surface area contributed by atoms with E-state index in [1.807, 2.05) is 0 Å². The van der Waals surface area contributed by atoms with Gasteiger partial charge in [-0.3, -0.25) is 4.90 Å². The summed E-state index contributed by atoms with van der Waals surface area (Å²) >= 11 is 0. The summed E-state index contributed by atoms with van der Waals surface area (Å²) in [6.45, 7) is 7.55. The molecule has 1 heterocycles. The fourth-order valence-corrected chi connectivity index (χ4v) is 1.66. The Labute approximate surface area is 81.2 Å². The van der Waals surface area contributed by atoms with Crippen molar-refractivity contribution in [2.75, 3.05) is 26.7 Å². The van der Waals surface area contributed by atoms with E-state index in [2.05, 4.69) is 18.7 Å². The van der Waals surface area contributed by atoms with Gasteiger partial charge in [-0.15, -0.1) is 0 Å². The van der Waals surface area contributed by atoms with Gasteiger partial charge < -0.3 is 10.5 Å². The van der Waals surface area contributed by atoms with Crippen molar-refractivity contribution in [3.63, 3.8) is 0 Å². The number of hydrogen-bond acceptors (Lipinski definition) is 3. The van der Waals surface area contributed by atoms with Gasteiger partial charge in [0.25, 0.3) is 0 Å². The molecule has 0 bridgehead atoms. The molecule has 2 unspecified atom stereocenters. The lowest BCUT2D eigenvalue weighted by Gasteiger charge is -2.22. The maximum absolute atomic E-state index is 6.00. The van der Waals surface area contributed by atoms with Crippen molar-refractivity contribution >= 4 is 0 Å². The molecule has 0 aromatic carbocycles. The number of nitrogens with zero attached hydrogens (tertiary/aromatic N) is 1. The molecule has 0 saturated carbocycles. The van der Waals surface area contributed by atoms with Crippen LogP contribution in [0.3, 0.4) is 0 Å². The Hall–Kier alpha value is -0.120. The van der Waals surface area contributed by atoms with Gasteiger partial charge in [-0.05, 0) is 12.3 Å². The van der Waals surface area contributed by atoms with Crippen LogP contribution in [0.25, 0.3) is 0 Å². The highest BCUT2D eigenvalue weighted by atomic mass is 16.5. The van der Waals surface area contributed by atoms with E-state index in [0.717, 1.165) is 26.1 Å². The minimum Gasteiger partial charge on any atom is -0.380 e. The summed E-state index contributed by atoms with van der Waals surface area (Å²) in [5, 5.41) is 0. The van der Waals surface area contributed by atoms with Crippen LogP contribution in [-0.2, 0) is 4.74 Å². The van der Waals surface area contributed by atoms with E-state index in [1.165, 1.54) is 0 Å². The van der Waals surface area contributed by atoms with E-state index in [0.29, 0.717) is 18.1 Å². The second kappa shape index (κ2) is 4.94. The highest BCUT2D eigenvalue weighted by Gasteiger charge is 2.23. The maximum Gasteiger partial charge on any atom is 0.0710 e. The van der Waals surface area contributed by atoms with Crippen LogP contribution in [0.5, 0.6) is 0 Å². The van der Waals surface area contributed by atoms with Crippen molar-refractivity contribution in [2.24, 2.45) is 11.7 Å². The lowest BCUT2D eigenvalue weighted by Crippen LogP contribution is -2.40. The van der Waals surface area contributed by atoms with Crippen LogP contribution in [0.1, 0.15) is 20.3 Å². The fourth-order valence-electron chi connectivity index (χ4n) is 1.66. The van der Waals surface area contributed by atoms with Crippen LogP contribution >= 0.6 is 0 Å². The third-order valence-corrected chi connectivity index (χ3v) is 2.89. The predicted molar refractivity (Wildman–Crippen MR) is 54.7 cm³/mol. The SMILES string of the molecule is COC1CCN(CC(N)C(C)C)C1. The third kappa shape index (κ3) is 3.25. The van der Waals surface area contributed by atoms with Gasteiger partial charge in [-0.2, -0.15) is 0 Å². The number of likely N-dealkylation sites (tertiary alicyclic amines) is 1. The molecule has 0 radical (unpaired) electrons. The van der Waals surface area contributed by atoms with Gasteiger partial charge in [0, 0.05) is 32.8 Å². The molecule has 1 aliphatic heterocycles. The van der Waals surface area contributed by atoms with Crippen LogP contribution < -0.4 is 5.73 Å². The van der Waals surface area contributed by atoms with Crippen LogP contribution in [0.2, 0.25) is 0 Å². The quantitative estimate of drug-likeness (QED) is 0.702. The van der Waals surface area contributed by atoms with E-state index in [4.69, 9.17) is 10.5 Å². The molecule has 0 aliphatic carbocycles. The first kappa shape index (κ1) is 11.0. The first-order valence-electron chi connectivity index (χ1n) is 5.14. The smallest absolute Gasteiger partial charge is 0.0710 e. The van der Waals surface area contributed by atoms with Gasteiger partial charge >= 0.3 is 0 Å². The molecule has 1 rings (SSSR count). The van der Waals surface area contributed by atoms with Crippen LogP contribution in [0.15, 0.2) is 0 Å². The Morgan fingerprint density at radius 2 is 2.23 bits per heavy atom. The summed E-state index contributed by atoms with van der Waals surface area (Å²) in [4.78, 5) is 2.40. The first-order valence-corrected chi connectivity index (χ1v) is 5.14. The van der Waals surface area contributed by atoms with Gasteiger partial charge in [-0.25, -0.2) is 0 Å². The van der Waals surface area contributed by atoms with Crippen molar-refractivity contribution < 1.29 is 4.74 Å². The maximum atomic E-state index is 6.00. The number of methoxy groups -OCH3 is 1. The van der Waals surface area contributed by atoms with E-state index >= 15 is 0 Å². The molecule has 0 aromatic rings. The molecule has 3 heteroatoms. The van der Waals surface area contributed by atoms with Crippen LogP contribution in [-0.4, -0.2) is 43.8 Å². The fraction of sp³-hybridized carbons (Fsp3) is 1.00. The second-order valence-electron chi connectivity index (χ2n) is 4.31. The van der Waals surface area contributed by atoms with Crippen LogP contribution in [0, 0.1) is 5.92 Å². The molecule has 1 fully saturated rings. The summed E-state index contributed by atoms with van der Waals surface area (Å²) in [6, 6.07) is 0.301. The molecule has 1 saturated heterocycles. The monoisotopic (exact) mass is 186 g/mol. The zero-order chi connectivity index (χ0) is 9.84. The summed E-state index contributed by atoms with van der Waals surface area (Å²) in [7, 11) is 1.79. The van der Waals surface area contributed by atoms with Crippen molar-refractivity contribution in [1.82, 2.24) is 4.90 Å². The third-order valence-electron chi connectivity index (χ3n) is 2.89. The second-order valence-corrected chi connectivity index (χ2v) is 4.31. The van der Waals surface area contributed by atoms with Crippen molar-refractivity contribution in [1.29, 1.82) is 0 Å². The lowest BCUT2D eigenvalue weighted by molar-refractivity contribution is 0.106. The van der Waals surface area contributed by atoms with Gasteiger partial charge in [-0.1, -0.05) is 13.8 Å². The zero-order valence-corrected chi connectivity index (χ0v) is 8.99. The largest absolute Gasteiger partial charge is 0.380 e. The van der Waals surface area contributed by atoms with E-state index in [9.17, 15) is 0 Å². The lowest BCUT2D eigenvalue weighted by atomic mass is 10.1. The average Bonchev–Trinajstić information content (AvgIpc) is 2.52. The van der Waals surface area contributed by atoms with Crippen molar-refractivity contribution in [3.8, 4) is 0 Å². The normalized spacial score (nSPS) is 27.0. The average molecular weight is 186 g/mol. The Kier molecular flexibility index (Phi) is 4.16. The standard InChI is InChI=1S/C10H22N2O/c1-8(2)10(11)7-12-5-4-9(6-12)13-3/h8-10H,4-7,11H2,1-3H3. The molecule has 0 spiro atoms. The van der Waals surface area contributed by atoms with Crippen molar-refractivity contribution in [2.45, 2.75) is 32.4 Å². The molecule has 3 nitrogen and oxygen atoms in total. The number of rotatable bonds is 4. The molecule has 13 heavy (non-hydrogen) atoms. The molecule has 1 aliphatic rings. The zero-order valence-electron chi connectivity index (χ0n) is 8.99. The Bertz CT molecular complexity index is 150. The van der Waals surface area contributed by atoms with E-state index in [-0.39, 0.29) is 0 Å². The molecular weight excluding hydrogens is 164 g/mol. The van der Waals surface area contributed by atoms with Gasteiger partial charge in [0.2, 0.25) is 0 Å². The Morgan fingerprint density at radius 3 is 2.69 bits per heavy atom. The Balaban J connectivity index is 2.23. The van der Waals surface area contributed by atoms with Crippen molar-refractivity contribution in [3.05, 3.63) is 0 Å². The molecule has 2 N–H and O–H groups in total. The first-order chi connectivity index (χ1) is 6.13. The van der Waals surface area contributed by atoms with E-state index in [1.54, 1.807) is 7.11 Å². The summed E-state index contributed by atoms with van der Waals surface area (Å²) in [5.41, 5.74) is 6.00. The summed E-state index contributed by atoms with van der Waals surface area (Å²) in [6.07, 6.45) is 1.58. The molecular formula is C10H22N2O. The number of ether oxygens (including phenoxy) is 1. The van der Waals surface area contributed by atoms with Crippen LogP contribution in [0.4, 0.5) is 0 Å². The Morgan fingerprint density at radius 1 is 1.54 bits per heavy atom. The van der Waals surface area contributed by atoms with Gasteiger partial charge in [0.15, 0.2) is 0 Å². The molecule has 78 valence electrons. The molecule has 2 atom stereocenters.